The zero-order chi connectivity index (χ0) is 19.7. The fourth-order valence-corrected chi connectivity index (χ4v) is 2.70. The lowest BCUT2D eigenvalue weighted by molar-refractivity contribution is -0.140. The standard InChI is InChI=1S/C17H30N4O5/c1-16(2,3)24-8-10-11(26-17(4,5)6)12(23-7)15(25-10)21-9-19-14(20-21)13(18)22/h9-12,15H,8H2,1-7H3,(H2,18,22)/t10-,11-,12-,15-/m1/s1. The average Bonchev–Trinajstić information content (AvgIpc) is 3.07. The van der Waals surface area contributed by atoms with Crippen molar-refractivity contribution in [3.05, 3.63) is 12.2 Å². The molecule has 0 radical (unpaired) electrons. The topological polar surface area (TPSA) is 111 Å². The third-order valence-electron chi connectivity index (χ3n) is 3.72. The number of nitrogens with two attached hydrogens (primary N) is 1. The second kappa shape index (κ2) is 7.59. The van der Waals surface area contributed by atoms with Crippen LogP contribution in [0.5, 0.6) is 0 Å². The van der Waals surface area contributed by atoms with Gasteiger partial charge in [0.15, 0.2) is 6.23 Å². The Hall–Kier alpha value is -1.55. The Bertz CT molecular complexity index is 619. The zero-order valence-corrected chi connectivity index (χ0v) is 16.6. The van der Waals surface area contributed by atoms with Crippen LogP contribution in [0.2, 0.25) is 0 Å². The van der Waals surface area contributed by atoms with E-state index in [0.717, 1.165) is 0 Å². The van der Waals surface area contributed by atoms with Crippen molar-refractivity contribution in [2.75, 3.05) is 13.7 Å². The summed E-state index contributed by atoms with van der Waals surface area (Å²) in [7, 11) is 1.58. The van der Waals surface area contributed by atoms with E-state index in [4.69, 9.17) is 24.7 Å². The van der Waals surface area contributed by atoms with Gasteiger partial charge in [0.1, 0.15) is 24.6 Å². The summed E-state index contributed by atoms with van der Waals surface area (Å²) in [6.07, 6.45) is -0.414. The molecule has 1 amide bonds. The fourth-order valence-electron chi connectivity index (χ4n) is 2.70. The molecule has 9 heteroatoms. The lowest BCUT2D eigenvalue weighted by Gasteiger charge is -2.31. The van der Waals surface area contributed by atoms with Crippen LogP contribution in [0.25, 0.3) is 0 Å². The summed E-state index contributed by atoms with van der Waals surface area (Å²) in [6, 6.07) is 0. The summed E-state index contributed by atoms with van der Waals surface area (Å²) in [5.41, 5.74) is 4.51. The number of amides is 1. The summed E-state index contributed by atoms with van der Waals surface area (Å²) >= 11 is 0. The van der Waals surface area contributed by atoms with Crippen molar-refractivity contribution in [1.82, 2.24) is 14.8 Å². The van der Waals surface area contributed by atoms with Gasteiger partial charge in [-0.3, -0.25) is 4.79 Å². The monoisotopic (exact) mass is 370 g/mol. The summed E-state index contributed by atoms with van der Waals surface area (Å²) < 4.78 is 25.3. The van der Waals surface area contributed by atoms with Crippen LogP contribution in [0.15, 0.2) is 6.33 Å². The van der Waals surface area contributed by atoms with E-state index in [1.807, 2.05) is 41.5 Å². The number of methoxy groups -OCH3 is 1. The molecule has 9 nitrogen and oxygen atoms in total. The molecule has 4 atom stereocenters. The molecule has 1 aromatic rings. The van der Waals surface area contributed by atoms with E-state index in [-0.39, 0.29) is 23.6 Å². The fraction of sp³-hybridized carbons (Fsp3) is 0.824. The highest BCUT2D eigenvalue weighted by Crippen LogP contribution is 2.35. The molecule has 1 fully saturated rings. The molecule has 148 valence electrons. The Labute approximate surface area is 154 Å². The first-order chi connectivity index (χ1) is 11.9. The Kier molecular flexibility index (Phi) is 6.06. The molecule has 2 N–H and O–H groups in total. The third-order valence-corrected chi connectivity index (χ3v) is 3.72. The van der Waals surface area contributed by atoms with Gasteiger partial charge >= 0.3 is 0 Å². The van der Waals surface area contributed by atoms with E-state index in [1.54, 1.807) is 7.11 Å². The van der Waals surface area contributed by atoms with Crippen LogP contribution in [0, 0.1) is 0 Å². The Morgan fingerprint density at radius 3 is 2.35 bits per heavy atom. The van der Waals surface area contributed by atoms with Crippen LogP contribution in [-0.4, -0.2) is 63.9 Å². The lowest BCUT2D eigenvalue weighted by atomic mass is 10.1. The molecule has 2 heterocycles. The summed E-state index contributed by atoms with van der Waals surface area (Å²) in [4.78, 5) is 15.2. The van der Waals surface area contributed by atoms with Crippen molar-refractivity contribution >= 4 is 5.91 Å². The van der Waals surface area contributed by atoms with Gasteiger partial charge in [0.25, 0.3) is 5.91 Å². The molecule has 2 rings (SSSR count). The molecular formula is C17H30N4O5. The minimum absolute atomic E-state index is 0.0777. The van der Waals surface area contributed by atoms with Gasteiger partial charge < -0.3 is 24.7 Å². The molecule has 0 aromatic carbocycles. The van der Waals surface area contributed by atoms with Crippen molar-refractivity contribution in [3.63, 3.8) is 0 Å². The molecular weight excluding hydrogens is 340 g/mol. The quantitative estimate of drug-likeness (QED) is 0.803. The highest BCUT2D eigenvalue weighted by atomic mass is 16.6. The van der Waals surface area contributed by atoms with Crippen molar-refractivity contribution in [1.29, 1.82) is 0 Å². The molecule has 0 saturated carbocycles. The lowest BCUT2D eigenvalue weighted by Crippen LogP contribution is -2.43. The molecule has 0 aliphatic carbocycles. The maximum Gasteiger partial charge on any atom is 0.288 e. The van der Waals surface area contributed by atoms with Crippen LogP contribution in [0.1, 0.15) is 58.4 Å². The van der Waals surface area contributed by atoms with Gasteiger partial charge in [-0.25, -0.2) is 9.67 Å². The average molecular weight is 370 g/mol. The van der Waals surface area contributed by atoms with E-state index in [9.17, 15) is 4.79 Å². The molecule has 1 saturated heterocycles. The van der Waals surface area contributed by atoms with Gasteiger partial charge in [-0.1, -0.05) is 0 Å². The van der Waals surface area contributed by atoms with Crippen LogP contribution >= 0.6 is 0 Å². The first-order valence-electron chi connectivity index (χ1n) is 8.62. The minimum Gasteiger partial charge on any atom is -0.374 e. The Balaban J connectivity index is 2.26. The SMILES string of the molecule is CO[C@@H]1[C@H](OC(C)(C)C)[C@@H](COC(C)(C)C)O[C@H]1n1cnc(C(N)=O)n1. The second-order valence-corrected chi connectivity index (χ2v) is 8.30. The van der Waals surface area contributed by atoms with Crippen molar-refractivity contribution in [3.8, 4) is 0 Å². The van der Waals surface area contributed by atoms with Crippen molar-refractivity contribution in [2.45, 2.75) is 77.3 Å². The number of carbonyl (C=O) groups is 1. The Morgan fingerprint density at radius 1 is 1.23 bits per heavy atom. The van der Waals surface area contributed by atoms with E-state index in [1.165, 1.54) is 11.0 Å². The first-order valence-corrected chi connectivity index (χ1v) is 8.62. The van der Waals surface area contributed by atoms with Gasteiger partial charge in [0.05, 0.1) is 17.8 Å². The number of aromatic nitrogens is 3. The molecule has 1 aliphatic heterocycles. The number of carbonyl (C=O) groups excluding carboxylic acids is 1. The van der Waals surface area contributed by atoms with E-state index in [2.05, 4.69) is 10.1 Å². The summed E-state index contributed by atoms with van der Waals surface area (Å²) in [5, 5.41) is 4.09. The van der Waals surface area contributed by atoms with Crippen LogP contribution < -0.4 is 5.73 Å². The molecule has 26 heavy (non-hydrogen) atoms. The maximum absolute atomic E-state index is 11.3. The Morgan fingerprint density at radius 2 is 1.88 bits per heavy atom. The maximum atomic E-state index is 11.3. The van der Waals surface area contributed by atoms with Gasteiger partial charge in [-0.15, -0.1) is 5.10 Å². The number of nitrogens with zero attached hydrogens (tertiary/aromatic N) is 3. The minimum atomic E-state index is -0.703. The van der Waals surface area contributed by atoms with Crippen LogP contribution in [0.4, 0.5) is 0 Å². The number of rotatable bonds is 6. The summed E-state index contributed by atoms with van der Waals surface area (Å²) in [5.74, 6) is -0.781. The first kappa shape index (κ1) is 20.8. The largest absolute Gasteiger partial charge is 0.374 e. The highest BCUT2D eigenvalue weighted by molar-refractivity contribution is 5.88. The van der Waals surface area contributed by atoms with Crippen molar-refractivity contribution in [2.24, 2.45) is 5.73 Å². The predicted octanol–water partition coefficient (Wildman–Crippen LogP) is 1.29. The van der Waals surface area contributed by atoms with Crippen LogP contribution in [0.3, 0.4) is 0 Å². The van der Waals surface area contributed by atoms with Gasteiger partial charge in [-0.05, 0) is 41.5 Å². The molecule has 0 spiro atoms. The smallest absolute Gasteiger partial charge is 0.288 e. The van der Waals surface area contributed by atoms with Gasteiger partial charge in [-0.2, -0.15) is 0 Å². The summed E-state index contributed by atoms with van der Waals surface area (Å²) in [6.45, 7) is 12.2. The van der Waals surface area contributed by atoms with E-state index in [0.29, 0.717) is 6.61 Å². The molecule has 1 aliphatic rings. The number of hydrogen-bond donors (Lipinski definition) is 1. The number of primary amides is 1. The van der Waals surface area contributed by atoms with Gasteiger partial charge in [0, 0.05) is 7.11 Å². The van der Waals surface area contributed by atoms with E-state index < -0.39 is 23.8 Å². The second-order valence-electron chi connectivity index (χ2n) is 8.30. The zero-order valence-electron chi connectivity index (χ0n) is 16.6. The third kappa shape index (κ3) is 5.23. The molecule has 0 bridgehead atoms. The molecule has 1 aromatic heterocycles. The van der Waals surface area contributed by atoms with Crippen LogP contribution in [-0.2, 0) is 18.9 Å². The normalized spacial score (nSPS) is 27.0. The van der Waals surface area contributed by atoms with Gasteiger partial charge in [0.2, 0.25) is 5.82 Å². The highest BCUT2D eigenvalue weighted by Gasteiger charge is 2.49. The van der Waals surface area contributed by atoms with E-state index >= 15 is 0 Å². The number of hydrogen-bond acceptors (Lipinski definition) is 7. The van der Waals surface area contributed by atoms with Crippen molar-refractivity contribution < 1.29 is 23.7 Å². The predicted molar refractivity (Wildman–Crippen MR) is 93.6 cm³/mol. The molecule has 0 unspecified atom stereocenters. The number of ether oxygens (including phenoxy) is 4.